The van der Waals surface area contributed by atoms with Crippen LogP contribution < -0.4 is 14.2 Å². The third kappa shape index (κ3) is 5.67. The second kappa shape index (κ2) is 9.32. The van der Waals surface area contributed by atoms with E-state index in [1.54, 1.807) is 27.4 Å². The number of carbonyl (C=O) groups is 1. The highest BCUT2D eigenvalue weighted by Crippen LogP contribution is 2.26. The Bertz CT molecular complexity index is 707. The first-order valence-corrected chi connectivity index (χ1v) is 8.55. The van der Waals surface area contributed by atoms with E-state index < -0.39 is 0 Å². The van der Waals surface area contributed by atoms with Gasteiger partial charge in [0.25, 0.3) is 0 Å². The third-order valence-corrected chi connectivity index (χ3v) is 4.26. The van der Waals surface area contributed by atoms with E-state index in [1.807, 2.05) is 30.3 Å². The quantitative estimate of drug-likeness (QED) is 0.614. The first-order valence-electron chi connectivity index (χ1n) is 7.75. The predicted octanol–water partition coefficient (Wildman–Crippen LogP) is 4.15. The molecule has 0 spiro atoms. The SMILES string of the molecule is COc1cc(CCC(=O)OCc2ccc(OC)c(Br)c2)cc(OC)c1. The molecule has 0 atom stereocenters. The zero-order valence-corrected chi connectivity index (χ0v) is 16.1. The van der Waals surface area contributed by atoms with Crippen molar-refractivity contribution in [3.05, 3.63) is 52.0 Å². The molecule has 0 aliphatic heterocycles. The number of rotatable bonds is 8. The monoisotopic (exact) mass is 408 g/mol. The lowest BCUT2D eigenvalue weighted by Crippen LogP contribution is -2.06. The fourth-order valence-electron chi connectivity index (χ4n) is 2.29. The average molecular weight is 409 g/mol. The highest BCUT2D eigenvalue weighted by Gasteiger charge is 2.08. The molecule has 0 fully saturated rings. The number of aryl methyl sites for hydroxylation is 1. The Morgan fingerprint density at radius 2 is 1.60 bits per heavy atom. The molecule has 2 rings (SSSR count). The molecular weight excluding hydrogens is 388 g/mol. The van der Waals surface area contributed by atoms with Crippen molar-refractivity contribution in [2.45, 2.75) is 19.4 Å². The van der Waals surface area contributed by atoms with E-state index in [0.29, 0.717) is 17.9 Å². The summed E-state index contributed by atoms with van der Waals surface area (Å²) >= 11 is 3.41. The van der Waals surface area contributed by atoms with Crippen LogP contribution in [0.1, 0.15) is 17.5 Å². The van der Waals surface area contributed by atoms with Crippen LogP contribution in [-0.4, -0.2) is 27.3 Å². The minimum absolute atomic E-state index is 0.225. The minimum Gasteiger partial charge on any atom is -0.497 e. The van der Waals surface area contributed by atoms with Gasteiger partial charge in [0, 0.05) is 12.5 Å². The van der Waals surface area contributed by atoms with E-state index in [2.05, 4.69) is 15.9 Å². The molecule has 6 heteroatoms. The van der Waals surface area contributed by atoms with Crippen LogP contribution >= 0.6 is 15.9 Å². The molecule has 0 unspecified atom stereocenters. The van der Waals surface area contributed by atoms with Gasteiger partial charge in [-0.05, 0) is 57.7 Å². The highest BCUT2D eigenvalue weighted by molar-refractivity contribution is 9.10. The van der Waals surface area contributed by atoms with Gasteiger partial charge in [-0.2, -0.15) is 0 Å². The van der Waals surface area contributed by atoms with Crippen LogP contribution in [0.25, 0.3) is 0 Å². The highest BCUT2D eigenvalue weighted by atomic mass is 79.9. The fraction of sp³-hybridized carbons (Fsp3) is 0.316. The number of hydrogen-bond donors (Lipinski definition) is 0. The van der Waals surface area contributed by atoms with Crippen molar-refractivity contribution in [3.63, 3.8) is 0 Å². The molecule has 0 aliphatic carbocycles. The second-order valence-corrected chi connectivity index (χ2v) is 6.20. The zero-order chi connectivity index (χ0) is 18.2. The van der Waals surface area contributed by atoms with Crippen molar-refractivity contribution in [1.29, 1.82) is 0 Å². The van der Waals surface area contributed by atoms with Crippen LogP contribution in [0.4, 0.5) is 0 Å². The number of benzene rings is 2. The van der Waals surface area contributed by atoms with Crippen molar-refractivity contribution in [2.75, 3.05) is 21.3 Å². The van der Waals surface area contributed by atoms with Gasteiger partial charge >= 0.3 is 5.97 Å². The molecule has 0 saturated heterocycles. The van der Waals surface area contributed by atoms with Crippen LogP contribution in [0.2, 0.25) is 0 Å². The number of carbonyl (C=O) groups excluding carboxylic acids is 1. The molecule has 0 amide bonds. The van der Waals surface area contributed by atoms with Crippen LogP contribution in [0, 0.1) is 0 Å². The number of ether oxygens (including phenoxy) is 4. The van der Waals surface area contributed by atoms with Crippen molar-refractivity contribution in [1.82, 2.24) is 0 Å². The lowest BCUT2D eigenvalue weighted by Gasteiger charge is -2.09. The standard InChI is InChI=1S/C19H21BrO5/c1-22-15-8-13(9-16(11-15)23-2)5-7-19(21)25-12-14-4-6-18(24-3)17(20)10-14/h4,6,8-11H,5,7,12H2,1-3H3. The molecule has 5 nitrogen and oxygen atoms in total. The Balaban J connectivity index is 1.87. The van der Waals surface area contributed by atoms with Crippen LogP contribution in [0.15, 0.2) is 40.9 Å². The third-order valence-electron chi connectivity index (χ3n) is 3.65. The minimum atomic E-state index is -0.256. The van der Waals surface area contributed by atoms with Crippen molar-refractivity contribution >= 4 is 21.9 Å². The van der Waals surface area contributed by atoms with Gasteiger partial charge < -0.3 is 18.9 Å². The van der Waals surface area contributed by atoms with Gasteiger partial charge in [-0.3, -0.25) is 4.79 Å². The van der Waals surface area contributed by atoms with E-state index in [1.165, 1.54) is 0 Å². The number of methoxy groups -OCH3 is 3. The summed E-state index contributed by atoms with van der Waals surface area (Å²) in [5.41, 5.74) is 1.85. The Morgan fingerprint density at radius 1 is 0.920 bits per heavy atom. The maximum atomic E-state index is 12.0. The van der Waals surface area contributed by atoms with Crippen molar-refractivity contribution in [3.8, 4) is 17.2 Å². The van der Waals surface area contributed by atoms with Crippen LogP contribution in [0.5, 0.6) is 17.2 Å². The molecule has 2 aromatic carbocycles. The summed E-state index contributed by atoms with van der Waals surface area (Å²) in [6, 6.07) is 11.1. The van der Waals surface area contributed by atoms with Gasteiger partial charge in [0.2, 0.25) is 0 Å². The van der Waals surface area contributed by atoms with E-state index in [9.17, 15) is 4.79 Å². The molecule has 134 valence electrons. The van der Waals surface area contributed by atoms with Gasteiger partial charge in [-0.15, -0.1) is 0 Å². The molecule has 25 heavy (non-hydrogen) atoms. The van der Waals surface area contributed by atoms with Gasteiger partial charge in [0.15, 0.2) is 0 Å². The normalized spacial score (nSPS) is 10.2. The lowest BCUT2D eigenvalue weighted by molar-refractivity contribution is -0.144. The Kier molecular flexibility index (Phi) is 7.13. The van der Waals surface area contributed by atoms with E-state index in [4.69, 9.17) is 18.9 Å². The van der Waals surface area contributed by atoms with E-state index in [0.717, 1.165) is 21.3 Å². The summed E-state index contributed by atoms with van der Waals surface area (Å²) in [6.45, 7) is 0.225. The van der Waals surface area contributed by atoms with Gasteiger partial charge in [0.05, 0.1) is 25.8 Å². The smallest absolute Gasteiger partial charge is 0.306 e. The van der Waals surface area contributed by atoms with E-state index >= 15 is 0 Å². The zero-order valence-electron chi connectivity index (χ0n) is 14.5. The van der Waals surface area contributed by atoms with E-state index in [-0.39, 0.29) is 19.0 Å². The summed E-state index contributed by atoms with van der Waals surface area (Å²) in [6.07, 6.45) is 0.840. The first kappa shape index (κ1) is 19.1. The maximum absolute atomic E-state index is 12.0. The topological polar surface area (TPSA) is 54.0 Å². The summed E-state index contributed by atoms with van der Waals surface area (Å²) < 4.78 is 21.8. The van der Waals surface area contributed by atoms with Gasteiger partial charge in [-0.1, -0.05) is 6.07 Å². The fourth-order valence-corrected chi connectivity index (χ4v) is 2.88. The molecule has 2 aromatic rings. The summed E-state index contributed by atoms with van der Waals surface area (Å²) in [5.74, 6) is 1.88. The number of hydrogen-bond acceptors (Lipinski definition) is 5. The van der Waals surface area contributed by atoms with Gasteiger partial charge in [0.1, 0.15) is 23.9 Å². The summed E-state index contributed by atoms with van der Waals surface area (Å²) in [4.78, 5) is 12.0. The molecule has 0 N–H and O–H groups in total. The number of halogens is 1. The second-order valence-electron chi connectivity index (χ2n) is 5.35. The molecule has 0 bridgehead atoms. The number of esters is 1. The predicted molar refractivity (Wildman–Crippen MR) is 98.4 cm³/mol. The molecule has 0 aliphatic rings. The molecule has 0 heterocycles. The Labute approximate surface area is 156 Å². The largest absolute Gasteiger partial charge is 0.497 e. The molecular formula is C19H21BrO5. The Hall–Kier alpha value is -2.21. The Morgan fingerprint density at radius 3 is 2.16 bits per heavy atom. The average Bonchev–Trinajstić information content (AvgIpc) is 2.64. The first-order chi connectivity index (χ1) is 12.0. The van der Waals surface area contributed by atoms with Crippen molar-refractivity contribution in [2.24, 2.45) is 0 Å². The van der Waals surface area contributed by atoms with Gasteiger partial charge in [-0.25, -0.2) is 0 Å². The summed E-state index contributed by atoms with van der Waals surface area (Å²) in [5, 5.41) is 0. The van der Waals surface area contributed by atoms with Crippen LogP contribution in [0.3, 0.4) is 0 Å². The molecule has 0 saturated carbocycles. The molecule has 0 aromatic heterocycles. The summed E-state index contributed by atoms with van der Waals surface area (Å²) in [7, 11) is 4.80. The lowest BCUT2D eigenvalue weighted by atomic mass is 10.1. The van der Waals surface area contributed by atoms with Crippen LogP contribution in [-0.2, 0) is 22.6 Å². The van der Waals surface area contributed by atoms with Crippen molar-refractivity contribution < 1.29 is 23.7 Å². The maximum Gasteiger partial charge on any atom is 0.306 e. The molecule has 0 radical (unpaired) electrons.